The Morgan fingerprint density at radius 3 is 1.82 bits per heavy atom. The minimum Gasteiger partial charge on any atom is -0.0991 e. The lowest BCUT2D eigenvalue weighted by molar-refractivity contribution is 1.49. The molecule has 0 aliphatic carbocycles. The molecule has 3 aromatic rings. The van der Waals surface area contributed by atoms with Gasteiger partial charge >= 0.3 is 0 Å². The summed E-state index contributed by atoms with van der Waals surface area (Å²) in [5, 5.41) is 0. The molecule has 3 aromatic carbocycles. The Kier molecular flexibility index (Phi) is 6.24. The minimum atomic E-state index is 1.01. The molecule has 0 aromatic heterocycles. The topological polar surface area (TPSA) is 0 Å². The number of hydrogen-bond acceptors (Lipinski definition) is 0. The molecule has 28 heavy (non-hydrogen) atoms. The zero-order valence-electron chi connectivity index (χ0n) is 16.7. The van der Waals surface area contributed by atoms with Crippen molar-refractivity contribution in [1.82, 2.24) is 0 Å². The van der Waals surface area contributed by atoms with E-state index in [4.69, 9.17) is 0 Å². The average Bonchev–Trinajstić information content (AvgIpc) is 2.74. The molecule has 0 heteroatoms. The molecule has 0 radical (unpaired) electrons. The summed E-state index contributed by atoms with van der Waals surface area (Å²) in [6.07, 6.45) is 8.01. The van der Waals surface area contributed by atoms with E-state index in [0.29, 0.717) is 0 Å². The highest BCUT2D eigenvalue weighted by atomic mass is 14.2. The van der Waals surface area contributed by atoms with Crippen LogP contribution < -0.4 is 0 Å². The Labute approximate surface area is 168 Å². The summed E-state index contributed by atoms with van der Waals surface area (Å²) >= 11 is 0. The van der Waals surface area contributed by atoms with Gasteiger partial charge in [0.15, 0.2) is 0 Å². The number of rotatable bonds is 6. The number of allylic oxidation sites excluding steroid dienone is 6. The standard InChI is InChI=1S/C28H26/c1-5-13-21(3)25-19-26(22(4)14-6-2)28(24-17-11-8-12-18-24)20-27(25)23-15-9-7-10-16-23/h5-20H,1,4H2,2-3H3/b14-6-,21-13+. The smallest absolute Gasteiger partial charge is 0.00990 e. The van der Waals surface area contributed by atoms with Crippen molar-refractivity contribution in [1.29, 1.82) is 0 Å². The third-order valence-electron chi connectivity index (χ3n) is 4.83. The van der Waals surface area contributed by atoms with E-state index < -0.39 is 0 Å². The fraction of sp³-hybridized carbons (Fsp3) is 0.0714. The first-order valence-electron chi connectivity index (χ1n) is 9.56. The van der Waals surface area contributed by atoms with Gasteiger partial charge in [-0.2, -0.15) is 0 Å². The Bertz CT molecular complexity index is 1030. The van der Waals surface area contributed by atoms with Gasteiger partial charge in [0.2, 0.25) is 0 Å². The van der Waals surface area contributed by atoms with Gasteiger partial charge in [0.1, 0.15) is 0 Å². The average molecular weight is 363 g/mol. The van der Waals surface area contributed by atoms with E-state index in [9.17, 15) is 0 Å². The summed E-state index contributed by atoms with van der Waals surface area (Å²) in [4.78, 5) is 0. The summed E-state index contributed by atoms with van der Waals surface area (Å²) in [5.41, 5.74) is 9.34. The van der Waals surface area contributed by atoms with Crippen molar-refractivity contribution in [3.8, 4) is 22.3 Å². The van der Waals surface area contributed by atoms with E-state index in [1.54, 1.807) is 0 Å². The van der Waals surface area contributed by atoms with Crippen LogP contribution in [-0.4, -0.2) is 0 Å². The van der Waals surface area contributed by atoms with Crippen molar-refractivity contribution >= 4 is 11.1 Å². The highest BCUT2D eigenvalue weighted by Gasteiger charge is 2.15. The van der Waals surface area contributed by atoms with Gasteiger partial charge in [-0.25, -0.2) is 0 Å². The molecular weight excluding hydrogens is 336 g/mol. The monoisotopic (exact) mass is 362 g/mol. The Morgan fingerprint density at radius 2 is 1.32 bits per heavy atom. The van der Waals surface area contributed by atoms with Crippen LogP contribution in [0.15, 0.2) is 110 Å². The molecule has 3 rings (SSSR count). The van der Waals surface area contributed by atoms with Gasteiger partial charge in [-0.3, -0.25) is 0 Å². The van der Waals surface area contributed by atoms with E-state index in [0.717, 1.165) is 11.1 Å². The largest absolute Gasteiger partial charge is 0.0991 e. The fourth-order valence-corrected chi connectivity index (χ4v) is 3.46. The second-order valence-electron chi connectivity index (χ2n) is 6.79. The maximum atomic E-state index is 4.32. The van der Waals surface area contributed by atoms with Crippen molar-refractivity contribution in [3.05, 3.63) is 121 Å². The maximum Gasteiger partial charge on any atom is -0.00990 e. The van der Waals surface area contributed by atoms with Crippen LogP contribution in [-0.2, 0) is 0 Å². The Balaban J connectivity index is 2.37. The molecule has 0 spiro atoms. The summed E-state index contributed by atoms with van der Waals surface area (Å²) in [6, 6.07) is 25.6. The van der Waals surface area contributed by atoms with Crippen LogP contribution in [0, 0.1) is 0 Å². The molecule has 0 bridgehead atoms. The molecule has 138 valence electrons. The van der Waals surface area contributed by atoms with Crippen LogP contribution in [0.3, 0.4) is 0 Å². The van der Waals surface area contributed by atoms with E-state index >= 15 is 0 Å². The molecule has 0 saturated heterocycles. The normalized spacial score (nSPS) is 11.6. The van der Waals surface area contributed by atoms with Gasteiger partial charge in [-0.05, 0) is 70.5 Å². The third kappa shape index (κ3) is 4.13. The molecule has 0 N–H and O–H groups in total. The molecular formula is C28H26. The minimum absolute atomic E-state index is 1.01. The van der Waals surface area contributed by atoms with Crippen LogP contribution in [0.25, 0.3) is 33.4 Å². The van der Waals surface area contributed by atoms with Gasteiger partial charge in [0.25, 0.3) is 0 Å². The summed E-state index contributed by atoms with van der Waals surface area (Å²) in [6.45, 7) is 12.4. The quantitative estimate of drug-likeness (QED) is 0.388. The second kappa shape index (κ2) is 9.01. The molecule has 0 saturated carbocycles. The zero-order valence-corrected chi connectivity index (χ0v) is 16.7. The molecule has 0 atom stereocenters. The molecule has 0 fully saturated rings. The van der Waals surface area contributed by atoms with Crippen LogP contribution >= 0.6 is 0 Å². The highest BCUT2D eigenvalue weighted by molar-refractivity contribution is 5.92. The van der Waals surface area contributed by atoms with Crippen LogP contribution in [0.5, 0.6) is 0 Å². The van der Waals surface area contributed by atoms with E-state index in [1.165, 1.54) is 33.4 Å². The van der Waals surface area contributed by atoms with Crippen LogP contribution in [0.4, 0.5) is 0 Å². The first-order valence-corrected chi connectivity index (χ1v) is 9.56. The first-order chi connectivity index (χ1) is 13.7. The third-order valence-corrected chi connectivity index (χ3v) is 4.83. The first kappa shape index (κ1) is 19.4. The van der Waals surface area contributed by atoms with Gasteiger partial charge in [-0.1, -0.05) is 98.1 Å². The lowest BCUT2D eigenvalue weighted by atomic mass is 9.86. The Morgan fingerprint density at radius 1 is 0.786 bits per heavy atom. The highest BCUT2D eigenvalue weighted by Crippen LogP contribution is 2.38. The maximum absolute atomic E-state index is 4.32. The van der Waals surface area contributed by atoms with Crippen molar-refractivity contribution in [3.63, 3.8) is 0 Å². The van der Waals surface area contributed by atoms with Crippen LogP contribution in [0.1, 0.15) is 25.0 Å². The second-order valence-corrected chi connectivity index (χ2v) is 6.79. The van der Waals surface area contributed by atoms with Crippen molar-refractivity contribution in [2.45, 2.75) is 13.8 Å². The Hall–Kier alpha value is -3.38. The van der Waals surface area contributed by atoms with Gasteiger partial charge in [0, 0.05) is 0 Å². The molecule has 0 amide bonds. The number of hydrogen-bond donors (Lipinski definition) is 0. The van der Waals surface area contributed by atoms with E-state index in [1.807, 2.05) is 25.1 Å². The van der Waals surface area contributed by atoms with Crippen LogP contribution in [0.2, 0.25) is 0 Å². The molecule has 0 aliphatic rings. The van der Waals surface area contributed by atoms with E-state index in [2.05, 4.69) is 99.0 Å². The van der Waals surface area contributed by atoms with Crippen molar-refractivity contribution in [2.75, 3.05) is 0 Å². The molecule has 0 nitrogen and oxygen atoms in total. The summed E-state index contributed by atoms with van der Waals surface area (Å²) in [7, 11) is 0. The predicted octanol–water partition coefficient (Wildman–Crippen LogP) is 8.20. The molecule has 0 aliphatic heterocycles. The summed E-state index contributed by atoms with van der Waals surface area (Å²) in [5.74, 6) is 0. The fourth-order valence-electron chi connectivity index (χ4n) is 3.46. The molecule has 0 heterocycles. The van der Waals surface area contributed by atoms with Gasteiger partial charge < -0.3 is 0 Å². The zero-order chi connectivity index (χ0) is 19.9. The lowest BCUT2D eigenvalue weighted by Crippen LogP contribution is -1.95. The van der Waals surface area contributed by atoms with Gasteiger partial charge in [0.05, 0.1) is 0 Å². The predicted molar refractivity (Wildman–Crippen MR) is 125 cm³/mol. The lowest BCUT2D eigenvalue weighted by Gasteiger charge is -2.18. The van der Waals surface area contributed by atoms with Gasteiger partial charge in [-0.15, -0.1) is 0 Å². The van der Waals surface area contributed by atoms with Crippen molar-refractivity contribution in [2.24, 2.45) is 0 Å². The SMILES string of the molecule is C=C/C=C(\C)c1cc(C(=C)/C=C\C)c(-c2ccccc2)cc1-c1ccccc1. The summed E-state index contributed by atoms with van der Waals surface area (Å²) < 4.78 is 0. The van der Waals surface area contributed by atoms with E-state index in [-0.39, 0.29) is 0 Å². The number of benzene rings is 3. The van der Waals surface area contributed by atoms with Crippen molar-refractivity contribution < 1.29 is 0 Å². The molecule has 0 unspecified atom stereocenters.